The Morgan fingerprint density at radius 3 is 2.50 bits per heavy atom. The summed E-state index contributed by atoms with van der Waals surface area (Å²) in [6.07, 6.45) is -3.03. The minimum atomic E-state index is -4.20. The average Bonchev–Trinajstić information content (AvgIpc) is 2.15. The van der Waals surface area contributed by atoms with Gasteiger partial charge in [-0.2, -0.15) is 5.26 Å². The van der Waals surface area contributed by atoms with Crippen LogP contribution < -0.4 is 5.14 Å². The van der Waals surface area contributed by atoms with Crippen molar-refractivity contribution < 1.29 is 17.2 Å². The molecule has 9 heteroatoms. The molecule has 0 aromatic carbocycles. The van der Waals surface area contributed by atoms with E-state index < -0.39 is 37.8 Å². The van der Waals surface area contributed by atoms with Crippen LogP contribution in [0.1, 0.15) is 17.7 Å². The molecule has 0 radical (unpaired) electrons. The van der Waals surface area contributed by atoms with Gasteiger partial charge in [0.1, 0.15) is 21.8 Å². The average molecular weight is 268 g/mol. The summed E-state index contributed by atoms with van der Waals surface area (Å²) in [7, 11) is -4.20. The van der Waals surface area contributed by atoms with Gasteiger partial charge in [-0.15, -0.1) is 0 Å². The Kier molecular flexibility index (Phi) is 3.42. The molecule has 1 heterocycles. The van der Waals surface area contributed by atoms with E-state index in [0.29, 0.717) is 6.07 Å². The van der Waals surface area contributed by atoms with Gasteiger partial charge in [-0.25, -0.2) is 27.3 Å². The molecule has 0 saturated carbocycles. The number of hydrogen-bond acceptors (Lipinski definition) is 4. The first-order chi connectivity index (χ1) is 7.27. The maximum absolute atomic E-state index is 12.4. The van der Waals surface area contributed by atoms with Gasteiger partial charge in [0, 0.05) is 0 Å². The fourth-order valence-corrected chi connectivity index (χ4v) is 1.97. The van der Waals surface area contributed by atoms with Crippen molar-refractivity contribution in [1.82, 2.24) is 4.98 Å². The van der Waals surface area contributed by atoms with Gasteiger partial charge in [-0.1, -0.05) is 11.6 Å². The third-order valence-electron chi connectivity index (χ3n) is 1.61. The van der Waals surface area contributed by atoms with E-state index >= 15 is 0 Å². The van der Waals surface area contributed by atoms with Gasteiger partial charge in [-0.05, 0) is 6.07 Å². The normalized spacial score (nSPS) is 11.5. The van der Waals surface area contributed by atoms with E-state index in [1.54, 1.807) is 0 Å². The monoisotopic (exact) mass is 267 g/mol. The molecule has 0 aliphatic heterocycles. The van der Waals surface area contributed by atoms with Crippen molar-refractivity contribution in [3.63, 3.8) is 0 Å². The lowest BCUT2D eigenvalue weighted by molar-refractivity contribution is 0.145. The zero-order valence-electron chi connectivity index (χ0n) is 7.49. The predicted molar refractivity (Wildman–Crippen MR) is 50.3 cm³/mol. The lowest BCUT2D eigenvalue weighted by atomic mass is 10.2. The first kappa shape index (κ1) is 12.8. The minimum absolute atomic E-state index is 0.580. The molecule has 2 N–H and O–H groups in total. The van der Waals surface area contributed by atoms with Crippen LogP contribution in [0.25, 0.3) is 0 Å². The standard InChI is InChI=1S/C7H4ClF2N3O2S/c8-6-4(16(12,14)15)1-3(2-11)5(13-6)7(9)10/h1,7H,(H2,12,14,15). The number of hydrogen-bond donors (Lipinski definition) is 1. The molecule has 0 amide bonds. The molecule has 0 fully saturated rings. The van der Waals surface area contributed by atoms with Crippen molar-refractivity contribution in [2.24, 2.45) is 5.14 Å². The van der Waals surface area contributed by atoms with Gasteiger partial charge >= 0.3 is 0 Å². The van der Waals surface area contributed by atoms with Crippen LogP contribution in [-0.2, 0) is 10.0 Å². The van der Waals surface area contributed by atoms with E-state index in [9.17, 15) is 17.2 Å². The highest BCUT2D eigenvalue weighted by atomic mass is 35.5. The summed E-state index contributed by atoms with van der Waals surface area (Å²) >= 11 is 5.37. The van der Waals surface area contributed by atoms with Gasteiger partial charge in [0.2, 0.25) is 10.0 Å². The number of halogens is 3. The van der Waals surface area contributed by atoms with Crippen molar-refractivity contribution in [3.05, 3.63) is 22.5 Å². The summed E-state index contributed by atoms with van der Waals surface area (Å²) < 4.78 is 46.7. The number of sulfonamides is 1. The quantitative estimate of drug-likeness (QED) is 0.814. The van der Waals surface area contributed by atoms with E-state index in [-0.39, 0.29) is 0 Å². The van der Waals surface area contributed by atoms with Gasteiger partial charge in [-0.3, -0.25) is 0 Å². The van der Waals surface area contributed by atoms with Crippen LogP contribution >= 0.6 is 11.6 Å². The minimum Gasteiger partial charge on any atom is -0.232 e. The predicted octanol–water partition coefficient (Wildman–Crippen LogP) is 1.19. The maximum atomic E-state index is 12.4. The molecule has 0 spiro atoms. The lowest BCUT2D eigenvalue weighted by Gasteiger charge is -2.06. The molecule has 16 heavy (non-hydrogen) atoms. The summed E-state index contributed by atoms with van der Waals surface area (Å²) in [4.78, 5) is 2.49. The van der Waals surface area contributed by atoms with Crippen molar-refractivity contribution in [2.75, 3.05) is 0 Å². The van der Waals surface area contributed by atoms with E-state index in [2.05, 4.69) is 4.98 Å². The Labute approximate surface area is 94.5 Å². The Morgan fingerprint density at radius 2 is 2.12 bits per heavy atom. The first-order valence-electron chi connectivity index (χ1n) is 3.69. The summed E-state index contributed by atoms with van der Waals surface area (Å²) in [6, 6.07) is 2.07. The summed E-state index contributed by atoms with van der Waals surface area (Å²) in [6.45, 7) is 0. The number of pyridine rings is 1. The van der Waals surface area contributed by atoms with E-state index in [1.165, 1.54) is 6.07 Å². The van der Waals surface area contributed by atoms with Crippen molar-refractivity contribution in [2.45, 2.75) is 11.3 Å². The van der Waals surface area contributed by atoms with Crippen LogP contribution in [0.2, 0.25) is 5.15 Å². The highest BCUT2D eigenvalue weighted by Gasteiger charge is 2.22. The lowest BCUT2D eigenvalue weighted by Crippen LogP contribution is -2.14. The second-order valence-corrected chi connectivity index (χ2v) is 4.56. The molecule has 0 aliphatic carbocycles. The highest BCUT2D eigenvalue weighted by Crippen LogP contribution is 2.26. The molecule has 1 aromatic rings. The van der Waals surface area contributed by atoms with Crippen molar-refractivity contribution in [3.8, 4) is 6.07 Å². The van der Waals surface area contributed by atoms with Crippen molar-refractivity contribution >= 4 is 21.6 Å². The van der Waals surface area contributed by atoms with Crippen LogP contribution in [0.5, 0.6) is 0 Å². The van der Waals surface area contributed by atoms with E-state index in [4.69, 9.17) is 22.0 Å². The number of primary sulfonamides is 1. The fourth-order valence-electron chi connectivity index (χ4n) is 0.941. The zero-order valence-corrected chi connectivity index (χ0v) is 9.06. The molecule has 5 nitrogen and oxygen atoms in total. The van der Waals surface area contributed by atoms with Gasteiger partial charge < -0.3 is 0 Å². The van der Waals surface area contributed by atoms with E-state index in [1.807, 2.05) is 0 Å². The zero-order chi connectivity index (χ0) is 12.5. The van der Waals surface area contributed by atoms with Crippen LogP contribution in [0.3, 0.4) is 0 Å². The fraction of sp³-hybridized carbons (Fsp3) is 0.143. The number of nitriles is 1. The Bertz CT molecular complexity index is 568. The number of alkyl halides is 2. The molecule has 86 valence electrons. The Hall–Kier alpha value is -1.30. The van der Waals surface area contributed by atoms with Gasteiger partial charge in [0.05, 0.1) is 5.56 Å². The van der Waals surface area contributed by atoms with E-state index in [0.717, 1.165) is 0 Å². The molecule has 0 unspecified atom stereocenters. The molecule has 1 rings (SSSR count). The molecular formula is C7H4ClF2N3O2S. The van der Waals surface area contributed by atoms with Crippen molar-refractivity contribution in [1.29, 1.82) is 5.26 Å². The van der Waals surface area contributed by atoms with Crippen LogP contribution in [-0.4, -0.2) is 13.4 Å². The van der Waals surface area contributed by atoms with Crippen LogP contribution in [0.15, 0.2) is 11.0 Å². The summed E-state index contributed by atoms with van der Waals surface area (Å²) in [5.74, 6) is 0. The third kappa shape index (κ3) is 2.44. The highest BCUT2D eigenvalue weighted by molar-refractivity contribution is 7.89. The molecule has 1 aromatic heterocycles. The Morgan fingerprint density at radius 1 is 1.56 bits per heavy atom. The van der Waals surface area contributed by atoms with Crippen LogP contribution in [0.4, 0.5) is 8.78 Å². The number of nitrogens with zero attached hydrogens (tertiary/aromatic N) is 2. The number of aromatic nitrogens is 1. The largest absolute Gasteiger partial charge is 0.281 e. The number of nitrogens with two attached hydrogens (primary N) is 1. The summed E-state index contributed by atoms with van der Waals surface area (Å²) in [5, 5.41) is 12.6. The molecule has 0 saturated heterocycles. The molecule has 0 aliphatic rings. The Balaban J connectivity index is 3.58. The first-order valence-corrected chi connectivity index (χ1v) is 5.61. The number of rotatable bonds is 2. The SMILES string of the molecule is N#Cc1cc(S(N)(=O)=O)c(Cl)nc1C(F)F. The molecule has 0 bridgehead atoms. The van der Waals surface area contributed by atoms with Crippen LogP contribution in [0, 0.1) is 11.3 Å². The second-order valence-electron chi connectivity index (χ2n) is 2.67. The molecule has 0 atom stereocenters. The van der Waals surface area contributed by atoms with Gasteiger partial charge in [0.25, 0.3) is 6.43 Å². The molecular weight excluding hydrogens is 264 g/mol. The summed E-state index contributed by atoms with van der Waals surface area (Å²) in [5.41, 5.74) is -1.46. The third-order valence-corrected chi connectivity index (χ3v) is 2.93. The second kappa shape index (κ2) is 4.29. The van der Waals surface area contributed by atoms with Gasteiger partial charge in [0.15, 0.2) is 0 Å². The maximum Gasteiger partial charge on any atom is 0.281 e. The topological polar surface area (TPSA) is 96.8 Å². The smallest absolute Gasteiger partial charge is 0.232 e.